The van der Waals surface area contributed by atoms with Crippen LogP contribution >= 0.6 is 35.0 Å². The van der Waals surface area contributed by atoms with Crippen LogP contribution in [0.5, 0.6) is 0 Å². The fourth-order valence-electron chi connectivity index (χ4n) is 2.75. The molecule has 31 heavy (non-hydrogen) atoms. The second-order valence-corrected chi connectivity index (χ2v) is 8.21. The number of hydrogen-bond donors (Lipinski definition) is 1. The predicted molar refractivity (Wildman–Crippen MR) is 117 cm³/mol. The van der Waals surface area contributed by atoms with Gasteiger partial charge in [0.25, 0.3) is 5.24 Å². The molecule has 1 saturated heterocycles. The Balaban J connectivity index is 1.66. The summed E-state index contributed by atoms with van der Waals surface area (Å²) in [6, 6.07) is 12.8. The molecule has 0 atom stereocenters. The molecule has 2 aromatic carbocycles. The van der Waals surface area contributed by atoms with Gasteiger partial charge in [0.1, 0.15) is 17.4 Å². The van der Waals surface area contributed by atoms with Gasteiger partial charge in [0.05, 0.1) is 21.2 Å². The van der Waals surface area contributed by atoms with Crippen LogP contribution in [0.1, 0.15) is 11.3 Å². The number of amides is 1. The van der Waals surface area contributed by atoms with Crippen LogP contribution in [-0.2, 0) is 6.18 Å². The molecule has 1 aromatic heterocycles. The third kappa shape index (κ3) is 4.98. The Morgan fingerprint density at radius 2 is 1.77 bits per heavy atom. The number of alkyl halides is 3. The zero-order valence-electron chi connectivity index (χ0n) is 15.3. The van der Waals surface area contributed by atoms with Crippen molar-refractivity contribution in [3.63, 3.8) is 0 Å². The van der Waals surface area contributed by atoms with Crippen LogP contribution in [0.3, 0.4) is 0 Å². The zero-order valence-corrected chi connectivity index (χ0v) is 17.7. The number of nitrogens with one attached hydrogen (secondary N) is 1. The summed E-state index contributed by atoms with van der Waals surface area (Å²) in [7, 11) is 0. The molecular weight excluding hydrogens is 472 g/mol. The average Bonchev–Trinajstić information content (AvgIpc) is 3.30. The molecule has 1 amide bonds. The Morgan fingerprint density at radius 3 is 2.48 bits per heavy atom. The number of carbonyl (C=O) groups is 1. The average molecular weight is 483 g/mol. The van der Waals surface area contributed by atoms with Gasteiger partial charge in [-0.1, -0.05) is 23.2 Å². The fraction of sp³-hybridized carbons (Fsp3) is 0.0476. The Bertz CT molecular complexity index is 1220. The van der Waals surface area contributed by atoms with E-state index in [1.165, 1.54) is 12.1 Å². The molecule has 10 heteroatoms. The molecular formula is C21H11Cl2F3N2O2S. The number of amidine groups is 1. The second kappa shape index (κ2) is 8.45. The molecule has 3 aromatic rings. The van der Waals surface area contributed by atoms with Crippen molar-refractivity contribution in [1.29, 1.82) is 0 Å². The number of furan rings is 1. The lowest BCUT2D eigenvalue weighted by Crippen LogP contribution is -2.18. The van der Waals surface area contributed by atoms with Gasteiger partial charge in [-0.05, 0) is 72.4 Å². The molecule has 2 heterocycles. The van der Waals surface area contributed by atoms with Gasteiger partial charge in [0.2, 0.25) is 0 Å². The van der Waals surface area contributed by atoms with Crippen LogP contribution < -0.4 is 5.32 Å². The summed E-state index contributed by atoms with van der Waals surface area (Å²) in [6.07, 6.45) is -2.93. The van der Waals surface area contributed by atoms with Gasteiger partial charge >= 0.3 is 6.18 Å². The topological polar surface area (TPSA) is 54.6 Å². The minimum absolute atomic E-state index is 0.115. The molecule has 1 aliphatic heterocycles. The molecule has 0 spiro atoms. The summed E-state index contributed by atoms with van der Waals surface area (Å²) in [6.45, 7) is 0. The minimum Gasteiger partial charge on any atom is -0.457 e. The molecule has 0 radical (unpaired) electrons. The Kier molecular flexibility index (Phi) is 5.88. The van der Waals surface area contributed by atoms with Crippen molar-refractivity contribution in [3.8, 4) is 11.3 Å². The maximum Gasteiger partial charge on any atom is 0.416 e. The van der Waals surface area contributed by atoms with Crippen LogP contribution in [0, 0.1) is 0 Å². The quantitative estimate of drug-likeness (QED) is 0.414. The van der Waals surface area contributed by atoms with Gasteiger partial charge in [-0.25, -0.2) is 4.99 Å². The van der Waals surface area contributed by atoms with E-state index in [9.17, 15) is 18.0 Å². The molecule has 0 bridgehead atoms. The van der Waals surface area contributed by atoms with Gasteiger partial charge in [-0.3, -0.25) is 4.79 Å². The maximum absolute atomic E-state index is 13.0. The predicted octanol–water partition coefficient (Wildman–Crippen LogP) is 7.80. The number of halogens is 5. The van der Waals surface area contributed by atoms with E-state index in [4.69, 9.17) is 27.6 Å². The molecule has 1 fully saturated rings. The van der Waals surface area contributed by atoms with Crippen molar-refractivity contribution in [2.45, 2.75) is 6.18 Å². The number of carbonyl (C=O) groups excluding carboxylic acids is 1. The van der Waals surface area contributed by atoms with E-state index in [0.29, 0.717) is 27.2 Å². The van der Waals surface area contributed by atoms with E-state index in [1.807, 2.05) is 0 Å². The Hall–Kier alpha value is -2.68. The smallest absolute Gasteiger partial charge is 0.416 e. The summed E-state index contributed by atoms with van der Waals surface area (Å²) >= 11 is 12.9. The lowest BCUT2D eigenvalue weighted by molar-refractivity contribution is -0.137. The summed E-state index contributed by atoms with van der Waals surface area (Å²) in [5, 5.41) is 3.01. The van der Waals surface area contributed by atoms with Crippen LogP contribution in [0.25, 0.3) is 17.4 Å². The largest absolute Gasteiger partial charge is 0.457 e. The van der Waals surface area contributed by atoms with Crippen LogP contribution in [0.4, 0.5) is 23.7 Å². The Labute approximate surface area is 188 Å². The number of thioether (sulfide) groups is 1. The van der Waals surface area contributed by atoms with Crippen LogP contribution in [0.15, 0.2) is 68.9 Å². The van der Waals surface area contributed by atoms with E-state index in [-0.39, 0.29) is 21.6 Å². The third-order valence-corrected chi connectivity index (χ3v) is 5.58. The van der Waals surface area contributed by atoms with E-state index in [1.54, 1.807) is 36.4 Å². The van der Waals surface area contributed by atoms with E-state index >= 15 is 0 Å². The first-order valence-electron chi connectivity index (χ1n) is 8.71. The van der Waals surface area contributed by atoms with Gasteiger partial charge in [0.15, 0.2) is 0 Å². The molecule has 158 valence electrons. The summed E-state index contributed by atoms with van der Waals surface area (Å²) in [5.74, 6) is 0.820. The first-order valence-corrected chi connectivity index (χ1v) is 10.3. The molecule has 1 aliphatic rings. The highest BCUT2D eigenvalue weighted by atomic mass is 35.5. The van der Waals surface area contributed by atoms with Crippen molar-refractivity contribution in [2.24, 2.45) is 4.99 Å². The fourth-order valence-corrected chi connectivity index (χ4v) is 3.80. The monoisotopic (exact) mass is 482 g/mol. The molecule has 4 rings (SSSR count). The SMILES string of the molecule is O=C1NC(=Nc2ccc(Cl)cc2)C(=Cc2ccc(-c3cc(C(F)(F)F)ccc3Cl)o2)S1. The van der Waals surface area contributed by atoms with Crippen LogP contribution in [-0.4, -0.2) is 11.1 Å². The maximum atomic E-state index is 13.0. The number of hydrogen-bond acceptors (Lipinski definition) is 4. The Morgan fingerprint density at radius 1 is 1.03 bits per heavy atom. The van der Waals surface area contributed by atoms with Crippen molar-refractivity contribution in [3.05, 3.63) is 80.9 Å². The minimum atomic E-state index is -4.50. The lowest BCUT2D eigenvalue weighted by Gasteiger charge is -2.09. The summed E-state index contributed by atoms with van der Waals surface area (Å²) in [4.78, 5) is 16.7. The van der Waals surface area contributed by atoms with E-state index in [0.717, 1.165) is 23.9 Å². The molecule has 4 nitrogen and oxygen atoms in total. The van der Waals surface area contributed by atoms with Gasteiger partial charge < -0.3 is 9.73 Å². The summed E-state index contributed by atoms with van der Waals surface area (Å²) in [5.41, 5.74) is -0.129. The van der Waals surface area contributed by atoms with Gasteiger partial charge in [0, 0.05) is 10.6 Å². The number of nitrogens with zero attached hydrogens (tertiary/aromatic N) is 1. The van der Waals surface area contributed by atoms with Gasteiger partial charge in [-0.15, -0.1) is 0 Å². The van der Waals surface area contributed by atoms with E-state index in [2.05, 4.69) is 10.3 Å². The molecule has 0 aliphatic carbocycles. The highest BCUT2D eigenvalue weighted by Gasteiger charge is 2.31. The molecule has 1 N–H and O–H groups in total. The zero-order chi connectivity index (χ0) is 22.2. The second-order valence-electron chi connectivity index (χ2n) is 6.35. The highest BCUT2D eigenvalue weighted by molar-refractivity contribution is 8.18. The van der Waals surface area contributed by atoms with Gasteiger partial charge in [-0.2, -0.15) is 13.2 Å². The van der Waals surface area contributed by atoms with Crippen molar-refractivity contribution in [2.75, 3.05) is 0 Å². The third-order valence-electron chi connectivity index (χ3n) is 4.18. The summed E-state index contributed by atoms with van der Waals surface area (Å²) < 4.78 is 44.8. The lowest BCUT2D eigenvalue weighted by atomic mass is 10.1. The number of aliphatic imine (C=N–C) groups is 1. The first kappa shape index (κ1) is 21.5. The van der Waals surface area contributed by atoms with Crippen molar-refractivity contribution >= 4 is 57.8 Å². The highest BCUT2D eigenvalue weighted by Crippen LogP contribution is 2.37. The van der Waals surface area contributed by atoms with Crippen molar-refractivity contribution in [1.82, 2.24) is 5.32 Å². The standard InChI is InChI=1S/C21H11Cl2F3N2O2S/c22-12-2-4-13(5-3-12)27-19-18(31-20(29)28-19)10-14-6-8-17(30-14)15-9-11(21(24,25)26)1-7-16(15)23/h1-10H,(H,27,28,29). The molecule has 0 saturated carbocycles. The first-order chi connectivity index (χ1) is 14.7. The molecule has 0 unspecified atom stereocenters. The van der Waals surface area contributed by atoms with Crippen molar-refractivity contribution < 1.29 is 22.4 Å². The number of rotatable bonds is 3. The number of benzene rings is 2. The van der Waals surface area contributed by atoms with E-state index < -0.39 is 11.7 Å². The van der Waals surface area contributed by atoms with Crippen LogP contribution in [0.2, 0.25) is 10.0 Å². The normalized spacial score (nSPS) is 16.9.